The molecule has 2 amide bonds. The van der Waals surface area contributed by atoms with Gasteiger partial charge in [-0.1, -0.05) is 0 Å². The first kappa shape index (κ1) is 17.4. The number of benzene rings is 1. The number of rotatable bonds is 3. The Morgan fingerprint density at radius 2 is 1.67 bits per heavy atom. The average Bonchev–Trinajstić information content (AvgIpc) is 3.39. The fourth-order valence-electron chi connectivity index (χ4n) is 2.94. The highest BCUT2D eigenvalue weighted by molar-refractivity contribution is 7.13. The summed E-state index contributed by atoms with van der Waals surface area (Å²) in [5, 5.41) is 2.38. The van der Waals surface area contributed by atoms with Gasteiger partial charge in [0, 0.05) is 37.1 Å². The summed E-state index contributed by atoms with van der Waals surface area (Å²) < 4.78 is 18.3. The number of furan rings is 1. The number of hydrogen-bond donors (Lipinski definition) is 0. The van der Waals surface area contributed by atoms with Crippen LogP contribution < -0.4 is 0 Å². The highest BCUT2D eigenvalue weighted by Crippen LogP contribution is 2.24. The molecule has 0 unspecified atom stereocenters. The summed E-state index contributed by atoms with van der Waals surface area (Å²) in [6, 6.07) is 9.06. The molecule has 27 heavy (non-hydrogen) atoms. The van der Waals surface area contributed by atoms with Gasteiger partial charge in [-0.05, 0) is 36.4 Å². The highest BCUT2D eigenvalue weighted by atomic mass is 32.1. The molecule has 0 aliphatic carbocycles. The van der Waals surface area contributed by atoms with E-state index in [0.29, 0.717) is 48.2 Å². The van der Waals surface area contributed by atoms with E-state index in [1.54, 1.807) is 33.6 Å². The molecule has 1 aliphatic heterocycles. The summed E-state index contributed by atoms with van der Waals surface area (Å²) in [7, 11) is 0. The summed E-state index contributed by atoms with van der Waals surface area (Å²) in [5.74, 6) is -0.0540. The number of aromatic nitrogens is 1. The second-order valence-electron chi connectivity index (χ2n) is 6.11. The normalized spacial score (nSPS) is 14.4. The lowest BCUT2D eigenvalue weighted by atomic mass is 10.1. The van der Waals surface area contributed by atoms with Gasteiger partial charge < -0.3 is 14.2 Å². The van der Waals surface area contributed by atoms with Gasteiger partial charge in [0.2, 0.25) is 0 Å². The Kier molecular flexibility index (Phi) is 4.72. The van der Waals surface area contributed by atoms with Gasteiger partial charge in [-0.2, -0.15) is 0 Å². The number of thiazole rings is 1. The smallest absolute Gasteiger partial charge is 0.273 e. The van der Waals surface area contributed by atoms with Gasteiger partial charge in [0.15, 0.2) is 10.8 Å². The van der Waals surface area contributed by atoms with Crippen LogP contribution in [0.5, 0.6) is 0 Å². The van der Waals surface area contributed by atoms with Crippen LogP contribution in [0.25, 0.3) is 10.8 Å². The van der Waals surface area contributed by atoms with Crippen molar-refractivity contribution in [2.24, 2.45) is 0 Å². The summed E-state index contributed by atoms with van der Waals surface area (Å²) in [5.41, 5.74) is 0.823. The summed E-state index contributed by atoms with van der Waals surface area (Å²) in [4.78, 5) is 32.9. The van der Waals surface area contributed by atoms with E-state index in [1.165, 1.54) is 35.6 Å². The van der Waals surface area contributed by atoms with Crippen LogP contribution in [-0.4, -0.2) is 52.8 Å². The van der Waals surface area contributed by atoms with E-state index in [2.05, 4.69) is 4.98 Å². The van der Waals surface area contributed by atoms with E-state index in [0.717, 1.165) is 0 Å². The van der Waals surface area contributed by atoms with E-state index in [-0.39, 0.29) is 17.6 Å². The van der Waals surface area contributed by atoms with Crippen LogP contribution in [-0.2, 0) is 0 Å². The molecule has 1 aliphatic rings. The van der Waals surface area contributed by atoms with Crippen molar-refractivity contribution < 1.29 is 18.4 Å². The molecule has 1 fully saturated rings. The summed E-state index contributed by atoms with van der Waals surface area (Å²) >= 11 is 1.36. The van der Waals surface area contributed by atoms with Crippen molar-refractivity contribution in [1.82, 2.24) is 14.8 Å². The Balaban J connectivity index is 1.38. The van der Waals surface area contributed by atoms with Gasteiger partial charge in [0.25, 0.3) is 11.8 Å². The van der Waals surface area contributed by atoms with Crippen LogP contribution in [0, 0.1) is 5.82 Å². The summed E-state index contributed by atoms with van der Waals surface area (Å²) in [6.07, 6.45) is 1.57. The van der Waals surface area contributed by atoms with E-state index in [1.807, 2.05) is 0 Å². The molecule has 2 aromatic heterocycles. The van der Waals surface area contributed by atoms with Crippen molar-refractivity contribution >= 4 is 23.2 Å². The zero-order valence-corrected chi connectivity index (χ0v) is 15.1. The highest BCUT2D eigenvalue weighted by Gasteiger charge is 2.27. The van der Waals surface area contributed by atoms with Gasteiger partial charge in [-0.15, -0.1) is 11.3 Å². The molecule has 1 saturated heterocycles. The quantitative estimate of drug-likeness (QED) is 0.695. The maximum absolute atomic E-state index is 13.0. The first-order chi connectivity index (χ1) is 13.1. The Morgan fingerprint density at radius 3 is 2.30 bits per heavy atom. The molecule has 3 heterocycles. The monoisotopic (exact) mass is 385 g/mol. The van der Waals surface area contributed by atoms with Crippen LogP contribution in [0.15, 0.2) is 52.5 Å². The lowest BCUT2D eigenvalue weighted by Crippen LogP contribution is -2.50. The Hall–Kier alpha value is -3.00. The number of halogens is 1. The maximum Gasteiger partial charge on any atom is 0.273 e. The average molecular weight is 385 g/mol. The molecule has 3 aromatic rings. The number of nitrogens with zero attached hydrogens (tertiary/aromatic N) is 3. The molecule has 0 saturated carbocycles. The minimum Gasteiger partial charge on any atom is -0.462 e. The number of carbonyl (C=O) groups is 2. The molecular weight excluding hydrogens is 369 g/mol. The van der Waals surface area contributed by atoms with Gasteiger partial charge in [0.1, 0.15) is 11.5 Å². The predicted octanol–water partition coefficient (Wildman–Crippen LogP) is 3.14. The maximum atomic E-state index is 13.0. The van der Waals surface area contributed by atoms with Gasteiger partial charge >= 0.3 is 0 Å². The first-order valence-corrected chi connectivity index (χ1v) is 9.33. The Morgan fingerprint density at radius 1 is 1.00 bits per heavy atom. The van der Waals surface area contributed by atoms with Crippen LogP contribution in [0.4, 0.5) is 4.39 Å². The largest absolute Gasteiger partial charge is 0.462 e. The van der Waals surface area contributed by atoms with Gasteiger partial charge in [0.05, 0.1) is 6.26 Å². The van der Waals surface area contributed by atoms with E-state index < -0.39 is 0 Å². The number of amides is 2. The number of piperazine rings is 1. The van der Waals surface area contributed by atoms with Crippen LogP contribution in [0.1, 0.15) is 20.8 Å². The van der Waals surface area contributed by atoms with Crippen molar-refractivity contribution in [2.45, 2.75) is 0 Å². The third kappa shape index (κ3) is 3.61. The zero-order chi connectivity index (χ0) is 18.8. The topological polar surface area (TPSA) is 66.7 Å². The zero-order valence-electron chi connectivity index (χ0n) is 14.3. The SMILES string of the molecule is O=C(c1ccc(F)cc1)N1CCN(C(=O)c2csc(-c3ccco3)n2)CC1. The van der Waals surface area contributed by atoms with Crippen LogP contribution in [0.2, 0.25) is 0 Å². The molecule has 6 nitrogen and oxygen atoms in total. The van der Waals surface area contributed by atoms with Crippen molar-refractivity contribution in [2.75, 3.05) is 26.2 Å². The van der Waals surface area contributed by atoms with Gasteiger partial charge in [-0.25, -0.2) is 9.37 Å². The van der Waals surface area contributed by atoms with E-state index >= 15 is 0 Å². The fourth-order valence-corrected chi connectivity index (χ4v) is 3.70. The Bertz CT molecular complexity index is 945. The third-order valence-corrected chi connectivity index (χ3v) is 5.26. The summed E-state index contributed by atoms with van der Waals surface area (Å²) in [6.45, 7) is 1.72. The number of hydrogen-bond acceptors (Lipinski definition) is 5. The first-order valence-electron chi connectivity index (χ1n) is 8.45. The molecule has 0 spiro atoms. The fraction of sp³-hybridized carbons (Fsp3) is 0.211. The van der Waals surface area contributed by atoms with Gasteiger partial charge in [-0.3, -0.25) is 9.59 Å². The Labute approximate surface area is 158 Å². The van der Waals surface area contributed by atoms with Crippen molar-refractivity contribution in [1.29, 1.82) is 0 Å². The van der Waals surface area contributed by atoms with Crippen molar-refractivity contribution in [3.8, 4) is 10.8 Å². The molecule has 0 atom stereocenters. The number of carbonyl (C=O) groups excluding carboxylic acids is 2. The second-order valence-corrected chi connectivity index (χ2v) is 6.96. The second kappa shape index (κ2) is 7.32. The van der Waals surface area contributed by atoms with Crippen molar-refractivity contribution in [3.63, 3.8) is 0 Å². The molecule has 1 aromatic carbocycles. The van der Waals surface area contributed by atoms with Crippen molar-refractivity contribution in [3.05, 3.63) is 65.1 Å². The van der Waals surface area contributed by atoms with Crippen LogP contribution >= 0.6 is 11.3 Å². The minimum absolute atomic E-state index is 0.155. The molecule has 138 valence electrons. The molecular formula is C19H16FN3O3S. The standard InChI is InChI=1S/C19H16FN3O3S/c20-14-5-3-13(4-6-14)18(24)22-7-9-23(10-8-22)19(25)15-12-27-17(21-15)16-2-1-11-26-16/h1-6,11-12H,7-10H2. The third-order valence-electron chi connectivity index (χ3n) is 4.40. The molecule has 0 radical (unpaired) electrons. The van der Waals surface area contributed by atoms with E-state index in [4.69, 9.17) is 4.42 Å². The predicted molar refractivity (Wildman–Crippen MR) is 98.0 cm³/mol. The molecule has 8 heteroatoms. The lowest BCUT2D eigenvalue weighted by Gasteiger charge is -2.34. The molecule has 4 rings (SSSR count). The molecule has 0 N–H and O–H groups in total. The van der Waals surface area contributed by atoms with Crippen LogP contribution in [0.3, 0.4) is 0 Å². The minimum atomic E-state index is -0.376. The lowest BCUT2D eigenvalue weighted by molar-refractivity contribution is 0.0533. The van der Waals surface area contributed by atoms with E-state index in [9.17, 15) is 14.0 Å². The molecule has 0 bridgehead atoms.